The van der Waals surface area contributed by atoms with Crippen molar-refractivity contribution in [2.24, 2.45) is 0 Å². The molecule has 0 aliphatic rings. The summed E-state index contributed by atoms with van der Waals surface area (Å²) >= 11 is 6.30. The van der Waals surface area contributed by atoms with Crippen molar-refractivity contribution < 1.29 is 18.8 Å². The first-order valence-electron chi connectivity index (χ1n) is 9.73. The molecule has 32 heavy (non-hydrogen) atoms. The van der Waals surface area contributed by atoms with Crippen molar-refractivity contribution in [3.63, 3.8) is 0 Å². The fourth-order valence-electron chi connectivity index (χ4n) is 2.90. The van der Waals surface area contributed by atoms with Gasteiger partial charge in [0.15, 0.2) is 5.82 Å². The molecule has 3 rings (SSSR count). The number of nitrogens with one attached hydrogen (secondary N) is 2. The molecular formula is C22H23ClN4O4S. The average molecular weight is 475 g/mol. The van der Waals surface area contributed by atoms with E-state index in [2.05, 4.69) is 20.6 Å². The monoisotopic (exact) mass is 474 g/mol. The van der Waals surface area contributed by atoms with E-state index in [1.807, 2.05) is 26.0 Å². The Balaban J connectivity index is 1.91. The molecule has 1 unspecified atom stereocenters. The third-order valence-corrected chi connectivity index (χ3v) is 6.32. The van der Waals surface area contributed by atoms with Gasteiger partial charge in [-0.3, -0.25) is 9.00 Å². The van der Waals surface area contributed by atoms with Crippen LogP contribution < -0.4 is 15.4 Å². The van der Waals surface area contributed by atoms with E-state index in [-0.39, 0.29) is 22.6 Å². The molecule has 0 fully saturated rings. The number of aliphatic carboxylic acids is 1. The number of nitrogens with zero attached hydrogens (tertiary/aromatic N) is 2. The molecule has 0 saturated heterocycles. The molecule has 0 bridgehead atoms. The minimum atomic E-state index is -1.20. The largest absolute Gasteiger partial charge is 0.495 e. The topological polar surface area (TPSA) is 113 Å². The van der Waals surface area contributed by atoms with E-state index >= 15 is 0 Å². The van der Waals surface area contributed by atoms with Gasteiger partial charge in [0.2, 0.25) is 5.95 Å². The van der Waals surface area contributed by atoms with Crippen molar-refractivity contribution >= 4 is 51.5 Å². The molecule has 168 valence electrons. The van der Waals surface area contributed by atoms with Crippen LogP contribution in [0.25, 0.3) is 0 Å². The van der Waals surface area contributed by atoms with Crippen molar-refractivity contribution in [2.75, 3.05) is 17.7 Å². The first kappa shape index (κ1) is 23.5. The zero-order chi connectivity index (χ0) is 23.3. The molecule has 0 aliphatic carbocycles. The van der Waals surface area contributed by atoms with E-state index in [1.165, 1.54) is 13.3 Å². The van der Waals surface area contributed by atoms with Crippen LogP contribution in [0.1, 0.15) is 19.4 Å². The minimum Gasteiger partial charge on any atom is -0.495 e. The summed E-state index contributed by atoms with van der Waals surface area (Å²) in [5, 5.41) is 15.5. The van der Waals surface area contributed by atoms with Crippen LogP contribution in [0.3, 0.4) is 0 Å². The average Bonchev–Trinajstić information content (AvgIpc) is 2.75. The fourth-order valence-corrected chi connectivity index (χ4v) is 4.09. The molecule has 0 spiro atoms. The Morgan fingerprint density at radius 1 is 1.19 bits per heavy atom. The predicted molar refractivity (Wildman–Crippen MR) is 126 cm³/mol. The quantitative estimate of drug-likeness (QED) is 0.406. The van der Waals surface area contributed by atoms with Gasteiger partial charge in [0.05, 0.1) is 46.8 Å². The molecule has 1 atom stereocenters. The molecule has 1 aromatic heterocycles. The summed E-state index contributed by atoms with van der Waals surface area (Å²) in [6, 6.07) is 12.3. The van der Waals surface area contributed by atoms with Gasteiger partial charge in [-0.2, -0.15) is 4.98 Å². The Morgan fingerprint density at radius 3 is 2.62 bits per heavy atom. The predicted octanol–water partition coefficient (Wildman–Crippen LogP) is 4.77. The number of hydrogen-bond donors (Lipinski definition) is 3. The van der Waals surface area contributed by atoms with Crippen molar-refractivity contribution in [2.45, 2.75) is 30.4 Å². The molecule has 3 N–H and O–H groups in total. The van der Waals surface area contributed by atoms with E-state index < -0.39 is 16.8 Å². The van der Waals surface area contributed by atoms with Crippen LogP contribution in [0.15, 0.2) is 53.6 Å². The van der Waals surface area contributed by atoms with Gasteiger partial charge in [-0.05, 0) is 29.8 Å². The first-order chi connectivity index (χ1) is 15.3. The highest BCUT2D eigenvalue weighted by atomic mass is 35.5. The van der Waals surface area contributed by atoms with Crippen LogP contribution in [-0.4, -0.2) is 37.6 Å². The van der Waals surface area contributed by atoms with Crippen LogP contribution in [0.5, 0.6) is 5.75 Å². The van der Waals surface area contributed by atoms with E-state index in [4.69, 9.17) is 21.4 Å². The van der Waals surface area contributed by atoms with Crippen LogP contribution in [-0.2, 0) is 22.0 Å². The highest BCUT2D eigenvalue weighted by molar-refractivity contribution is 7.85. The first-order valence-corrected chi connectivity index (χ1v) is 11.3. The molecule has 0 radical (unpaired) electrons. The number of rotatable bonds is 9. The van der Waals surface area contributed by atoms with Crippen LogP contribution in [0.4, 0.5) is 23.1 Å². The Kier molecular flexibility index (Phi) is 7.66. The second-order valence-electron chi connectivity index (χ2n) is 7.09. The van der Waals surface area contributed by atoms with E-state index in [0.717, 1.165) is 0 Å². The Labute approximate surface area is 193 Å². The molecule has 8 nitrogen and oxygen atoms in total. The lowest BCUT2D eigenvalue weighted by Crippen LogP contribution is -2.09. The molecule has 3 aromatic rings. The third kappa shape index (κ3) is 5.74. The Hall–Kier alpha value is -3.17. The van der Waals surface area contributed by atoms with Gasteiger partial charge in [0.1, 0.15) is 10.8 Å². The maximum Gasteiger partial charge on any atom is 0.307 e. The lowest BCUT2D eigenvalue weighted by molar-refractivity contribution is -0.136. The molecule has 0 aliphatic heterocycles. The normalized spacial score (nSPS) is 11.8. The lowest BCUT2D eigenvalue weighted by atomic mass is 10.1. The summed E-state index contributed by atoms with van der Waals surface area (Å²) in [4.78, 5) is 20.3. The highest BCUT2D eigenvalue weighted by Gasteiger charge is 2.15. The second kappa shape index (κ2) is 10.4. The van der Waals surface area contributed by atoms with E-state index in [1.54, 1.807) is 30.3 Å². The van der Waals surface area contributed by atoms with Gasteiger partial charge in [0.25, 0.3) is 0 Å². The number of carbonyl (C=O) groups is 1. The van der Waals surface area contributed by atoms with E-state index in [9.17, 15) is 9.00 Å². The maximum atomic E-state index is 12.7. The van der Waals surface area contributed by atoms with Gasteiger partial charge in [-0.15, -0.1) is 0 Å². The second-order valence-corrected chi connectivity index (χ2v) is 9.47. The Bertz CT molecular complexity index is 1160. The summed E-state index contributed by atoms with van der Waals surface area (Å²) < 4.78 is 18.0. The molecule has 2 aromatic carbocycles. The molecule has 10 heteroatoms. The fraction of sp³-hybridized carbons (Fsp3) is 0.227. The number of benzene rings is 2. The Morgan fingerprint density at radius 2 is 1.94 bits per heavy atom. The molecular weight excluding hydrogens is 452 g/mol. The summed E-state index contributed by atoms with van der Waals surface area (Å²) in [6.07, 6.45) is 1.31. The van der Waals surface area contributed by atoms with Crippen LogP contribution in [0.2, 0.25) is 5.02 Å². The van der Waals surface area contributed by atoms with Gasteiger partial charge in [-0.1, -0.05) is 43.6 Å². The standard InChI is InChI=1S/C22H23ClN4O4S/c1-13(2)32(30)19-7-5-4-6-16(19)25-21-15(23)12-24-22(27-21)26-17-10-14(11-20(28)29)8-9-18(17)31-3/h4-10,12-13H,11H2,1-3H3,(H,28,29)(H2,24,25,26,27). The zero-order valence-corrected chi connectivity index (χ0v) is 19.3. The number of halogens is 1. The summed E-state index contributed by atoms with van der Waals surface area (Å²) in [5.74, 6) is 0.126. The van der Waals surface area contributed by atoms with Gasteiger partial charge in [-0.25, -0.2) is 4.98 Å². The van der Waals surface area contributed by atoms with Crippen LogP contribution >= 0.6 is 11.6 Å². The van der Waals surface area contributed by atoms with Crippen LogP contribution in [0, 0.1) is 0 Å². The number of aromatic nitrogens is 2. The smallest absolute Gasteiger partial charge is 0.307 e. The zero-order valence-electron chi connectivity index (χ0n) is 17.8. The summed E-state index contributed by atoms with van der Waals surface area (Å²) in [5.41, 5.74) is 1.74. The minimum absolute atomic E-state index is 0.0541. The van der Waals surface area contributed by atoms with Gasteiger partial charge in [0, 0.05) is 5.25 Å². The summed E-state index contributed by atoms with van der Waals surface area (Å²) in [6.45, 7) is 3.77. The van der Waals surface area contributed by atoms with Crippen molar-refractivity contribution in [1.82, 2.24) is 9.97 Å². The maximum absolute atomic E-state index is 12.7. The third-order valence-electron chi connectivity index (χ3n) is 4.39. The number of anilines is 4. The number of carboxylic acid groups (broad SMARTS) is 1. The number of para-hydroxylation sites is 1. The molecule has 1 heterocycles. The number of carboxylic acids is 1. The van der Waals surface area contributed by atoms with Gasteiger partial charge < -0.3 is 20.5 Å². The highest BCUT2D eigenvalue weighted by Crippen LogP contribution is 2.31. The van der Waals surface area contributed by atoms with Crippen molar-refractivity contribution in [3.8, 4) is 5.75 Å². The SMILES string of the molecule is COc1ccc(CC(=O)O)cc1Nc1ncc(Cl)c(Nc2ccccc2S(=O)C(C)C)n1. The van der Waals surface area contributed by atoms with Crippen molar-refractivity contribution in [3.05, 3.63) is 59.2 Å². The number of methoxy groups -OCH3 is 1. The molecule has 0 amide bonds. The molecule has 0 saturated carbocycles. The lowest BCUT2D eigenvalue weighted by Gasteiger charge is -2.15. The number of hydrogen-bond acceptors (Lipinski definition) is 7. The van der Waals surface area contributed by atoms with E-state index in [0.29, 0.717) is 33.4 Å². The summed E-state index contributed by atoms with van der Waals surface area (Å²) in [7, 11) is 0.308. The van der Waals surface area contributed by atoms with Crippen molar-refractivity contribution in [1.29, 1.82) is 0 Å². The van der Waals surface area contributed by atoms with Gasteiger partial charge >= 0.3 is 5.97 Å². The number of ether oxygens (including phenoxy) is 1.